The zero-order chi connectivity index (χ0) is 21.1. The molecule has 1 aromatic rings. The van der Waals surface area contributed by atoms with Crippen LogP contribution >= 0.6 is 11.3 Å². The Balaban J connectivity index is 1.43. The van der Waals surface area contributed by atoms with Gasteiger partial charge in [0.15, 0.2) is 5.78 Å². The van der Waals surface area contributed by atoms with Crippen LogP contribution in [0, 0.1) is 11.8 Å². The van der Waals surface area contributed by atoms with Crippen LogP contribution in [0.15, 0.2) is 12.1 Å². The maximum absolute atomic E-state index is 13.0. The van der Waals surface area contributed by atoms with E-state index >= 15 is 0 Å². The molecule has 1 saturated heterocycles. The molecular weight excluding hydrogens is 398 g/mol. The summed E-state index contributed by atoms with van der Waals surface area (Å²) < 4.78 is 5.85. The highest BCUT2D eigenvalue weighted by atomic mass is 32.1. The van der Waals surface area contributed by atoms with Gasteiger partial charge in [-0.05, 0) is 62.5 Å². The highest BCUT2D eigenvalue weighted by molar-refractivity contribution is 7.15. The number of Topliss-reactive ketones (excluding diaryl/α,β-unsaturated/α-hetero) is 1. The molecule has 0 bridgehead atoms. The number of carboxylic acid groups (broad SMARTS) is 1. The van der Waals surface area contributed by atoms with Crippen molar-refractivity contribution >= 4 is 34.3 Å². The summed E-state index contributed by atoms with van der Waals surface area (Å²) in [5.41, 5.74) is 1.96. The van der Waals surface area contributed by atoms with Gasteiger partial charge in [0.25, 0.3) is 0 Å². The van der Waals surface area contributed by atoms with Crippen molar-refractivity contribution in [1.82, 2.24) is 0 Å². The zero-order valence-corrected chi connectivity index (χ0v) is 18.6. The molecule has 1 aliphatic heterocycles. The van der Waals surface area contributed by atoms with Gasteiger partial charge < -0.3 is 15.2 Å². The first-order chi connectivity index (χ1) is 14.5. The largest absolute Gasteiger partial charge is 0.477 e. The Morgan fingerprint density at radius 1 is 1.17 bits per heavy atom. The Bertz CT molecular complexity index is 806. The first-order valence-corrected chi connectivity index (χ1v) is 12.3. The average Bonchev–Trinajstić information content (AvgIpc) is 3.19. The molecule has 2 fully saturated rings. The van der Waals surface area contributed by atoms with Crippen LogP contribution in [0.5, 0.6) is 0 Å². The number of hydrogen-bond donors (Lipinski definition) is 2. The summed E-state index contributed by atoms with van der Waals surface area (Å²) >= 11 is 1.36. The number of ether oxygens (including phenoxy) is 1. The average molecular weight is 432 g/mol. The van der Waals surface area contributed by atoms with Gasteiger partial charge >= 0.3 is 5.97 Å². The summed E-state index contributed by atoms with van der Waals surface area (Å²) in [5.74, 6) is 0.217. The van der Waals surface area contributed by atoms with Gasteiger partial charge in [0.05, 0.1) is 5.69 Å². The maximum atomic E-state index is 13.0. The van der Waals surface area contributed by atoms with Crippen molar-refractivity contribution in [3.63, 3.8) is 0 Å². The number of nitrogens with one attached hydrogen (secondary N) is 1. The van der Waals surface area contributed by atoms with Crippen molar-refractivity contribution in [3.8, 4) is 0 Å². The molecule has 164 valence electrons. The molecule has 2 heterocycles. The van der Waals surface area contributed by atoms with E-state index in [2.05, 4.69) is 18.3 Å². The van der Waals surface area contributed by atoms with Crippen LogP contribution in [0.4, 0.5) is 5.69 Å². The molecule has 2 atom stereocenters. The number of anilines is 1. The van der Waals surface area contributed by atoms with E-state index in [1.165, 1.54) is 29.8 Å². The topological polar surface area (TPSA) is 75.6 Å². The molecule has 0 aromatic carbocycles. The second-order valence-corrected chi connectivity index (χ2v) is 10.3. The first-order valence-electron chi connectivity index (χ1n) is 11.5. The molecule has 5 nitrogen and oxygen atoms in total. The van der Waals surface area contributed by atoms with E-state index in [4.69, 9.17) is 4.74 Å². The lowest BCUT2D eigenvalue weighted by atomic mass is 9.78. The van der Waals surface area contributed by atoms with Gasteiger partial charge in [-0.25, -0.2) is 4.79 Å². The van der Waals surface area contributed by atoms with E-state index in [0.29, 0.717) is 23.6 Å². The van der Waals surface area contributed by atoms with E-state index < -0.39 is 5.97 Å². The molecule has 1 saturated carbocycles. The maximum Gasteiger partial charge on any atom is 0.348 e. The van der Waals surface area contributed by atoms with Crippen LogP contribution in [0.1, 0.15) is 85.7 Å². The standard InChI is InChI=1S/C24H33NO4S/c1-15-7-9-17(10-8-15)22(26)20-13-18(11-12-29-20)25-19-14-21(30-23(19)24(27)28)16-5-3-2-4-6-16/h5,14-15,17-18,20,25H,2-4,6-13H2,1H3,(H,27,28). The molecular formula is C24H33NO4S. The minimum Gasteiger partial charge on any atom is -0.477 e. The van der Waals surface area contributed by atoms with E-state index in [9.17, 15) is 14.7 Å². The number of hydrogen-bond acceptors (Lipinski definition) is 5. The van der Waals surface area contributed by atoms with Crippen molar-refractivity contribution in [1.29, 1.82) is 0 Å². The minimum absolute atomic E-state index is 0.0658. The van der Waals surface area contributed by atoms with Crippen LogP contribution in [0.2, 0.25) is 0 Å². The number of carbonyl (C=O) groups is 2. The van der Waals surface area contributed by atoms with Gasteiger partial charge in [-0.15, -0.1) is 11.3 Å². The van der Waals surface area contributed by atoms with Crippen molar-refractivity contribution in [2.45, 2.75) is 83.3 Å². The van der Waals surface area contributed by atoms with Gasteiger partial charge in [0, 0.05) is 29.9 Å². The van der Waals surface area contributed by atoms with Crippen LogP contribution in [0.25, 0.3) is 5.57 Å². The molecule has 0 radical (unpaired) electrons. The molecule has 30 heavy (non-hydrogen) atoms. The van der Waals surface area contributed by atoms with Crippen LogP contribution in [0.3, 0.4) is 0 Å². The lowest BCUT2D eigenvalue weighted by Crippen LogP contribution is -2.41. The summed E-state index contributed by atoms with van der Waals surface area (Å²) in [5, 5.41) is 13.2. The number of aromatic carboxylic acids is 1. The van der Waals surface area contributed by atoms with Crippen molar-refractivity contribution in [2.75, 3.05) is 11.9 Å². The van der Waals surface area contributed by atoms with E-state index in [1.54, 1.807) is 0 Å². The summed E-state index contributed by atoms with van der Waals surface area (Å²) in [6.07, 6.45) is 12.0. The van der Waals surface area contributed by atoms with Gasteiger partial charge in [-0.3, -0.25) is 4.79 Å². The van der Waals surface area contributed by atoms with Crippen LogP contribution < -0.4 is 5.32 Å². The molecule has 4 rings (SSSR count). The molecule has 6 heteroatoms. The SMILES string of the molecule is CC1CCC(C(=O)C2CC(Nc3cc(C4=CCCCC4)sc3C(=O)O)CCO2)CC1. The highest BCUT2D eigenvalue weighted by Crippen LogP contribution is 2.38. The summed E-state index contributed by atoms with van der Waals surface area (Å²) in [6, 6.07) is 2.07. The van der Waals surface area contributed by atoms with Gasteiger partial charge in [-0.1, -0.05) is 25.8 Å². The molecule has 2 N–H and O–H groups in total. The monoisotopic (exact) mass is 431 g/mol. The zero-order valence-electron chi connectivity index (χ0n) is 17.8. The second kappa shape index (κ2) is 9.65. The third-order valence-electron chi connectivity index (χ3n) is 6.91. The molecule has 1 aromatic heterocycles. The number of rotatable bonds is 6. The Hall–Kier alpha value is -1.66. The van der Waals surface area contributed by atoms with E-state index in [0.717, 1.165) is 55.7 Å². The fraction of sp³-hybridized carbons (Fsp3) is 0.667. The number of ketones is 1. The quantitative estimate of drug-likeness (QED) is 0.599. The third kappa shape index (κ3) is 4.97. The fourth-order valence-electron chi connectivity index (χ4n) is 5.03. The Kier molecular flexibility index (Phi) is 6.94. The number of thiophene rings is 1. The molecule has 2 aliphatic carbocycles. The predicted molar refractivity (Wildman–Crippen MR) is 120 cm³/mol. The van der Waals surface area contributed by atoms with Gasteiger partial charge in [0.1, 0.15) is 11.0 Å². The predicted octanol–water partition coefficient (Wildman–Crippen LogP) is 5.76. The molecule has 2 unspecified atom stereocenters. The van der Waals surface area contributed by atoms with Crippen LogP contribution in [-0.2, 0) is 9.53 Å². The van der Waals surface area contributed by atoms with Gasteiger partial charge in [-0.2, -0.15) is 0 Å². The first kappa shape index (κ1) is 21.6. The number of allylic oxidation sites excluding steroid dienone is 2. The lowest BCUT2D eigenvalue weighted by Gasteiger charge is -2.33. The summed E-state index contributed by atoms with van der Waals surface area (Å²) in [6.45, 7) is 2.80. The third-order valence-corrected chi connectivity index (χ3v) is 8.11. The number of carbonyl (C=O) groups excluding carboxylic acids is 1. The Morgan fingerprint density at radius 2 is 1.97 bits per heavy atom. The van der Waals surface area contributed by atoms with E-state index in [1.807, 2.05) is 6.07 Å². The summed E-state index contributed by atoms with van der Waals surface area (Å²) in [7, 11) is 0. The minimum atomic E-state index is -0.888. The summed E-state index contributed by atoms with van der Waals surface area (Å²) in [4.78, 5) is 26.3. The Labute approximate surface area is 182 Å². The number of carboxylic acids is 1. The van der Waals surface area contributed by atoms with Gasteiger partial charge in [0.2, 0.25) is 0 Å². The smallest absolute Gasteiger partial charge is 0.348 e. The molecule has 0 amide bonds. The fourth-order valence-corrected chi connectivity index (χ4v) is 6.06. The molecule has 0 spiro atoms. The second-order valence-electron chi connectivity index (χ2n) is 9.22. The highest BCUT2D eigenvalue weighted by Gasteiger charge is 2.34. The normalized spacial score (nSPS) is 29.8. The van der Waals surface area contributed by atoms with Crippen LogP contribution in [-0.4, -0.2) is 35.6 Å². The Morgan fingerprint density at radius 3 is 2.67 bits per heavy atom. The van der Waals surface area contributed by atoms with Crippen molar-refractivity contribution in [3.05, 3.63) is 21.9 Å². The van der Waals surface area contributed by atoms with Crippen molar-refractivity contribution in [2.24, 2.45) is 11.8 Å². The van der Waals surface area contributed by atoms with E-state index in [-0.39, 0.29) is 23.8 Å². The lowest BCUT2D eigenvalue weighted by molar-refractivity contribution is -0.138. The van der Waals surface area contributed by atoms with Crippen molar-refractivity contribution < 1.29 is 19.4 Å². The molecule has 3 aliphatic rings.